The van der Waals surface area contributed by atoms with Gasteiger partial charge in [-0.1, -0.05) is 19.1 Å². The zero-order valence-electron chi connectivity index (χ0n) is 12.2. The second-order valence-corrected chi connectivity index (χ2v) is 6.52. The summed E-state index contributed by atoms with van der Waals surface area (Å²) in [6.45, 7) is 3.50. The molecule has 2 N–H and O–H groups in total. The number of aryl methyl sites for hydroxylation is 1. The first-order chi connectivity index (χ1) is 10.1. The SMILES string of the molecule is CCCn1cc(CNc2ccccc2S(=O)(=O)NC)cn1. The number of anilines is 1. The molecule has 1 aromatic heterocycles. The van der Waals surface area contributed by atoms with E-state index < -0.39 is 10.0 Å². The monoisotopic (exact) mass is 308 g/mol. The van der Waals surface area contributed by atoms with Crippen molar-refractivity contribution in [3.63, 3.8) is 0 Å². The van der Waals surface area contributed by atoms with Gasteiger partial charge in [0.05, 0.1) is 11.9 Å². The fraction of sp³-hybridized carbons (Fsp3) is 0.357. The molecule has 0 saturated heterocycles. The average molecular weight is 308 g/mol. The van der Waals surface area contributed by atoms with E-state index in [9.17, 15) is 8.42 Å². The molecule has 0 aliphatic rings. The van der Waals surface area contributed by atoms with E-state index in [2.05, 4.69) is 22.1 Å². The quantitative estimate of drug-likeness (QED) is 0.818. The molecule has 1 heterocycles. The van der Waals surface area contributed by atoms with Crippen LogP contribution in [0.5, 0.6) is 0 Å². The maximum Gasteiger partial charge on any atom is 0.242 e. The van der Waals surface area contributed by atoms with Gasteiger partial charge in [-0.2, -0.15) is 5.10 Å². The highest BCUT2D eigenvalue weighted by Crippen LogP contribution is 2.20. The summed E-state index contributed by atoms with van der Waals surface area (Å²) in [5.74, 6) is 0. The molecule has 0 fully saturated rings. The van der Waals surface area contributed by atoms with Crippen molar-refractivity contribution in [2.24, 2.45) is 0 Å². The number of sulfonamides is 1. The third kappa shape index (κ3) is 3.83. The Morgan fingerprint density at radius 2 is 2.05 bits per heavy atom. The van der Waals surface area contributed by atoms with Crippen molar-refractivity contribution in [1.82, 2.24) is 14.5 Å². The first-order valence-electron chi connectivity index (χ1n) is 6.84. The predicted molar refractivity (Wildman–Crippen MR) is 82.5 cm³/mol. The van der Waals surface area contributed by atoms with Crippen LogP contribution in [0.15, 0.2) is 41.6 Å². The summed E-state index contributed by atoms with van der Waals surface area (Å²) in [5, 5.41) is 7.40. The maximum atomic E-state index is 12.0. The summed E-state index contributed by atoms with van der Waals surface area (Å²) in [5.41, 5.74) is 1.59. The number of para-hydroxylation sites is 1. The molecule has 2 rings (SSSR count). The van der Waals surface area contributed by atoms with Gasteiger partial charge in [-0.25, -0.2) is 13.1 Å². The molecule has 0 unspecified atom stereocenters. The zero-order chi connectivity index (χ0) is 15.3. The first-order valence-corrected chi connectivity index (χ1v) is 8.33. The molecule has 21 heavy (non-hydrogen) atoms. The Morgan fingerprint density at radius 1 is 1.29 bits per heavy atom. The van der Waals surface area contributed by atoms with Crippen LogP contribution in [0.4, 0.5) is 5.69 Å². The van der Waals surface area contributed by atoms with Gasteiger partial charge in [0, 0.05) is 24.8 Å². The van der Waals surface area contributed by atoms with Crippen LogP contribution in [0, 0.1) is 0 Å². The second kappa shape index (κ2) is 6.73. The van der Waals surface area contributed by atoms with Crippen molar-refractivity contribution in [3.8, 4) is 0 Å². The molecular weight excluding hydrogens is 288 g/mol. The lowest BCUT2D eigenvalue weighted by Gasteiger charge is -2.11. The molecule has 114 valence electrons. The topological polar surface area (TPSA) is 76.0 Å². The van der Waals surface area contributed by atoms with Gasteiger partial charge in [0.25, 0.3) is 0 Å². The average Bonchev–Trinajstić information content (AvgIpc) is 2.93. The van der Waals surface area contributed by atoms with Gasteiger partial charge in [-0.15, -0.1) is 0 Å². The molecule has 0 radical (unpaired) electrons. The van der Waals surface area contributed by atoms with Gasteiger partial charge < -0.3 is 5.32 Å². The van der Waals surface area contributed by atoms with E-state index in [1.54, 1.807) is 30.5 Å². The molecule has 0 bridgehead atoms. The molecule has 6 nitrogen and oxygen atoms in total. The lowest BCUT2D eigenvalue weighted by Crippen LogP contribution is -2.20. The van der Waals surface area contributed by atoms with E-state index in [0.717, 1.165) is 18.5 Å². The van der Waals surface area contributed by atoms with Crippen LogP contribution in [-0.2, 0) is 23.1 Å². The van der Waals surface area contributed by atoms with E-state index in [4.69, 9.17) is 0 Å². The zero-order valence-corrected chi connectivity index (χ0v) is 13.0. The van der Waals surface area contributed by atoms with Crippen molar-refractivity contribution < 1.29 is 8.42 Å². The van der Waals surface area contributed by atoms with Crippen molar-refractivity contribution >= 4 is 15.7 Å². The Labute approximate surface area is 125 Å². The third-order valence-electron chi connectivity index (χ3n) is 3.07. The van der Waals surface area contributed by atoms with Crippen molar-refractivity contribution in [1.29, 1.82) is 0 Å². The lowest BCUT2D eigenvalue weighted by atomic mass is 10.3. The summed E-state index contributed by atoms with van der Waals surface area (Å²) < 4.78 is 28.1. The van der Waals surface area contributed by atoms with Crippen LogP contribution in [0.2, 0.25) is 0 Å². The van der Waals surface area contributed by atoms with Crippen LogP contribution < -0.4 is 10.0 Å². The van der Waals surface area contributed by atoms with Crippen LogP contribution in [0.3, 0.4) is 0 Å². The van der Waals surface area contributed by atoms with Gasteiger partial charge in [0.15, 0.2) is 0 Å². The van der Waals surface area contributed by atoms with E-state index in [0.29, 0.717) is 12.2 Å². The molecule has 0 aliphatic carbocycles. The summed E-state index contributed by atoms with van der Waals surface area (Å²) in [4.78, 5) is 0.244. The van der Waals surface area contributed by atoms with Crippen LogP contribution in [-0.4, -0.2) is 25.2 Å². The van der Waals surface area contributed by atoms with Gasteiger partial charge >= 0.3 is 0 Å². The number of benzene rings is 1. The summed E-state index contributed by atoms with van der Waals surface area (Å²) >= 11 is 0. The van der Waals surface area contributed by atoms with Crippen molar-refractivity contribution in [2.75, 3.05) is 12.4 Å². The number of hydrogen-bond acceptors (Lipinski definition) is 4. The Morgan fingerprint density at radius 3 is 2.76 bits per heavy atom. The van der Waals surface area contributed by atoms with E-state index >= 15 is 0 Å². The van der Waals surface area contributed by atoms with Crippen LogP contribution in [0.25, 0.3) is 0 Å². The number of aromatic nitrogens is 2. The normalized spacial score (nSPS) is 11.5. The molecule has 0 atom stereocenters. The van der Waals surface area contributed by atoms with E-state index in [-0.39, 0.29) is 4.90 Å². The fourth-order valence-corrected chi connectivity index (χ4v) is 2.91. The number of nitrogens with zero attached hydrogens (tertiary/aromatic N) is 2. The number of nitrogens with one attached hydrogen (secondary N) is 2. The molecule has 0 aliphatic heterocycles. The molecule has 1 aromatic carbocycles. The highest BCUT2D eigenvalue weighted by Gasteiger charge is 2.15. The van der Waals surface area contributed by atoms with Crippen LogP contribution in [0.1, 0.15) is 18.9 Å². The summed E-state index contributed by atoms with van der Waals surface area (Å²) in [7, 11) is -2.07. The molecule has 0 saturated carbocycles. The smallest absolute Gasteiger partial charge is 0.242 e. The summed E-state index contributed by atoms with van der Waals surface area (Å²) in [6.07, 6.45) is 4.78. The minimum absolute atomic E-state index is 0.244. The minimum Gasteiger partial charge on any atom is -0.380 e. The predicted octanol–water partition coefficient (Wildman–Crippen LogP) is 1.81. The molecule has 0 spiro atoms. The Hall–Kier alpha value is -1.86. The lowest BCUT2D eigenvalue weighted by molar-refractivity contribution is 0.588. The largest absolute Gasteiger partial charge is 0.380 e. The van der Waals surface area contributed by atoms with Gasteiger partial charge in [0.1, 0.15) is 4.90 Å². The molecule has 0 amide bonds. The van der Waals surface area contributed by atoms with E-state index in [1.807, 2.05) is 10.9 Å². The number of hydrogen-bond donors (Lipinski definition) is 2. The maximum absolute atomic E-state index is 12.0. The Balaban J connectivity index is 2.13. The summed E-state index contributed by atoms with van der Waals surface area (Å²) in [6, 6.07) is 6.83. The second-order valence-electron chi connectivity index (χ2n) is 4.67. The van der Waals surface area contributed by atoms with Crippen molar-refractivity contribution in [2.45, 2.75) is 31.3 Å². The van der Waals surface area contributed by atoms with E-state index in [1.165, 1.54) is 7.05 Å². The standard InChI is InChI=1S/C14H20N4O2S/c1-3-8-18-11-12(10-17-18)9-16-13-6-4-5-7-14(13)21(19,20)15-2/h4-7,10-11,15-16H,3,8-9H2,1-2H3. The van der Waals surface area contributed by atoms with Gasteiger partial charge in [-0.05, 0) is 25.6 Å². The van der Waals surface area contributed by atoms with Gasteiger partial charge in [-0.3, -0.25) is 4.68 Å². The third-order valence-corrected chi connectivity index (χ3v) is 4.54. The number of rotatable bonds is 7. The highest BCUT2D eigenvalue weighted by molar-refractivity contribution is 7.89. The Kier molecular flexibility index (Phi) is 4.98. The minimum atomic E-state index is -3.47. The Bertz CT molecular complexity index is 695. The van der Waals surface area contributed by atoms with Crippen LogP contribution >= 0.6 is 0 Å². The first kappa shape index (κ1) is 15.5. The highest BCUT2D eigenvalue weighted by atomic mass is 32.2. The molecular formula is C14H20N4O2S. The molecule has 7 heteroatoms. The van der Waals surface area contributed by atoms with Crippen molar-refractivity contribution in [3.05, 3.63) is 42.2 Å². The van der Waals surface area contributed by atoms with Gasteiger partial charge in [0.2, 0.25) is 10.0 Å². The fourth-order valence-electron chi connectivity index (χ4n) is 2.00. The molecule has 2 aromatic rings.